The highest BCUT2D eigenvalue weighted by Crippen LogP contribution is 2.46. The second-order valence-electron chi connectivity index (χ2n) is 7.01. The molecule has 0 atom stereocenters. The van der Waals surface area contributed by atoms with Crippen molar-refractivity contribution in [2.75, 3.05) is 21.3 Å². The van der Waals surface area contributed by atoms with Gasteiger partial charge in [-0.3, -0.25) is 9.59 Å². The van der Waals surface area contributed by atoms with Crippen LogP contribution < -0.4 is 9.47 Å². The van der Waals surface area contributed by atoms with E-state index >= 15 is 0 Å². The summed E-state index contributed by atoms with van der Waals surface area (Å²) < 4.78 is 16.1. The predicted octanol–water partition coefficient (Wildman–Crippen LogP) is 4.80. The summed E-state index contributed by atoms with van der Waals surface area (Å²) >= 11 is 0. The molecule has 1 aromatic rings. The number of rotatable bonds is 9. The third-order valence-corrected chi connectivity index (χ3v) is 5.76. The van der Waals surface area contributed by atoms with Crippen LogP contribution in [0.15, 0.2) is 46.9 Å². The molecule has 0 heterocycles. The Bertz CT molecular complexity index is 916. The molecule has 0 unspecified atom stereocenters. The molecule has 1 aromatic carbocycles. The van der Waals surface area contributed by atoms with E-state index in [1.165, 1.54) is 20.3 Å². The van der Waals surface area contributed by atoms with Crippen LogP contribution >= 0.6 is 0 Å². The first-order valence-corrected chi connectivity index (χ1v) is 10.0. The van der Waals surface area contributed by atoms with E-state index in [4.69, 9.17) is 14.2 Å². The minimum Gasteiger partial charge on any atom is -0.507 e. The first-order valence-electron chi connectivity index (χ1n) is 10.0. The molecule has 0 aromatic heterocycles. The first-order chi connectivity index (χ1) is 14.3. The molecule has 0 amide bonds. The maximum Gasteiger partial charge on any atom is 0.193 e. The van der Waals surface area contributed by atoms with Crippen LogP contribution in [0.1, 0.15) is 45.6 Å². The fourth-order valence-electron chi connectivity index (χ4n) is 3.98. The minimum absolute atomic E-state index is 0.200. The summed E-state index contributed by atoms with van der Waals surface area (Å²) in [5.41, 5.74) is -0.0423. The Labute approximate surface area is 177 Å². The molecule has 1 N–H and O–H groups in total. The van der Waals surface area contributed by atoms with Crippen LogP contribution in [0.5, 0.6) is 11.5 Å². The summed E-state index contributed by atoms with van der Waals surface area (Å²) in [5.74, 6) is 0.341. The van der Waals surface area contributed by atoms with Crippen LogP contribution in [0, 0.1) is 5.41 Å². The van der Waals surface area contributed by atoms with Crippen molar-refractivity contribution in [2.24, 2.45) is 5.41 Å². The molecule has 162 valence electrons. The van der Waals surface area contributed by atoms with Crippen LogP contribution in [0.3, 0.4) is 0 Å². The summed E-state index contributed by atoms with van der Waals surface area (Å²) in [6, 6.07) is 5.20. The zero-order chi connectivity index (χ0) is 22.5. The number of Topliss-reactive ketones (excluding diaryl/α,β-unsaturated/α-hetero) is 1. The van der Waals surface area contributed by atoms with Crippen LogP contribution in [-0.4, -0.2) is 38.0 Å². The lowest BCUT2D eigenvalue weighted by atomic mass is 9.68. The van der Waals surface area contributed by atoms with E-state index < -0.39 is 17.0 Å². The normalized spacial score (nSPS) is 16.3. The number of aliphatic hydroxyl groups excluding tert-OH is 1. The van der Waals surface area contributed by atoms with Crippen molar-refractivity contribution in [3.05, 3.63) is 52.5 Å². The molecule has 6 nitrogen and oxygen atoms in total. The lowest BCUT2D eigenvalue weighted by molar-refractivity contribution is -0.128. The van der Waals surface area contributed by atoms with Gasteiger partial charge in [-0.25, -0.2) is 0 Å². The lowest BCUT2D eigenvalue weighted by Gasteiger charge is -2.37. The molecule has 0 bridgehead atoms. The Morgan fingerprint density at radius 2 is 1.73 bits per heavy atom. The summed E-state index contributed by atoms with van der Waals surface area (Å²) in [6.07, 6.45) is 4.20. The predicted molar refractivity (Wildman–Crippen MR) is 116 cm³/mol. The Morgan fingerprint density at radius 3 is 2.23 bits per heavy atom. The number of methoxy groups -OCH3 is 3. The van der Waals surface area contributed by atoms with Gasteiger partial charge in [0.1, 0.15) is 28.6 Å². The van der Waals surface area contributed by atoms with Gasteiger partial charge in [0.15, 0.2) is 11.6 Å². The molecule has 0 spiro atoms. The average Bonchev–Trinajstić information content (AvgIpc) is 2.77. The van der Waals surface area contributed by atoms with E-state index in [0.29, 0.717) is 47.7 Å². The zero-order valence-electron chi connectivity index (χ0n) is 18.5. The van der Waals surface area contributed by atoms with Gasteiger partial charge in [-0.1, -0.05) is 20.8 Å². The Kier molecular flexibility index (Phi) is 7.48. The highest BCUT2D eigenvalue weighted by atomic mass is 16.5. The van der Waals surface area contributed by atoms with Crippen molar-refractivity contribution in [1.82, 2.24) is 0 Å². The number of hydrogen-bond donors (Lipinski definition) is 1. The number of carbonyl (C=O) groups is 2. The Morgan fingerprint density at radius 1 is 1.07 bits per heavy atom. The van der Waals surface area contributed by atoms with Gasteiger partial charge in [-0.15, -0.1) is 0 Å². The molecule has 1 aliphatic rings. The van der Waals surface area contributed by atoms with Crippen molar-refractivity contribution in [2.45, 2.75) is 40.0 Å². The van der Waals surface area contributed by atoms with Gasteiger partial charge in [-0.2, -0.15) is 0 Å². The summed E-state index contributed by atoms with van der Waals surface area (Å²) in [4.78, 5) is 26.5. The van der Waals surface area contributed by atoms with Crippen molar-refractivity contribution < 1.29 is 28.9 Å². The highest BCUT2D eigenvalue weighted by Gasteiger charge is 2.49. The van der Waals surface area contributed by atoms with Gasteiger partial charge < -0.3 is 19.3 Å². The van der Waals surface area contributed by atoms with Crippen LogP contribution in [0.25, 0.3) is 6.08 Å². The maximum atomic E-state index is 13.4. The third kappa shape index (κ3) is 3.86. The molecular weight excluding hydrogens is 384 g/mol. The number of aliphatic hydroxyl groups is 1. The van der Waals surface area contributed by atoms with Gasteiger partial charge in [0.05, 0.1) is 26.7 Å². The van der Waals surface area contributed by atoms with Gasteiger partial charge in [0.25, 0.3) is 0 Å². The van der Waals surface area contributed by atoms with E-state index in [9.17, 15) is 14.7 Å². The monoisotopic (exact) mass is 414 g/mol. The third-order valence-electron chi connectivity index (χ3n) is 5.76. The van der Waals surface area contributed by atoms with Gasteiger partial charge >= 0.3 is 0 Å². The lowest BCUT2D eigenvalue weighted by Crippen LogP contribution is -2.40. The number of allylic oxidation sites excluding steroid dienone is 4. The van der Waals surface area contributed by atoms with Crippen LogP contribution in [-0.2, 0) is 14.3 Å². The average molecular weight is 414 g/mol. The summed E-state index contributed by atoms with van der Waals surface area (Å²) in [6.45, 7) is 5.62. The number of carbonyl (C=O) groups excluding carboxylic acids is 2. The SMILES string of the molecule is CCC1=C(OC)C(CC)(CC)C(=O)C(C(=O)/C=C/c2cc(OC)ccc2OC)=C1O. The largest absolute Gasteiger partial charge is 0.507 e. The molecule has 0 radical (unpaired) electrons. The smallest absolute Gasteiger partial charge is 0.193 e. The molecule has 6 heteroatoms. The number of ketones is 2. The number of ether oxygens (including phenoxy) is 3. The molecule has 0 fully saturated rings. The second-order valence-corrected chi connectivity index (χ2v) is 7.01. The molecule has 0 aliphatic heterocycles. The number of hydrogen-bond acceptors (Lipinski definition) is 6. The fraction of sp³-hybridized carbons (Fsp3) is 0.417. The van der Waals surface area contributed by atoms with E-state index in [-0.39, 0.29) is 11.3 Å². The van der Waals surface area contributed by atoms with Gasteiger partial charge in [0.2, 0.25) is 0 Å². The molecular formula is C24H30O6. The van der Waals surface area contributed by atoms with Gasteiger partial charge in [-0.05, 0) is 49.6 Å². The summed E-state index contributed by atoms with van der Waals surface area (Å²) in [7, 11) is 4.57. The van der Waals surface area contributed by atoms with E-state index in [0.717, 1.165) is 0 Å². The van der Waals surface area contributed by atoms with Gasteiger partial charge in [0, 0.05) is 11.1 Å². The van der Waals surface area contributed by atoms with Crippen molar-refractivity contribution in [3.63, 3.8) is 0 Å². The van der Waals surface area contributed by atoms with E-state index in [2.05, 4.69) is 0 Å². The topological polar surface area (TPSA) is 82.1 Å². The first kappa shape index (κ1) is 23.3. The highest BCUT2D eigenvalue weighted by molar-refractivity contribution is 6.28. The maximum absolute atomic E-state index is 13.4. The quantitative estimate of drug-likeness (QED) is 0.462. The standard InChI is InChI=1S/C24H30O6/c1-7-17-21(26)20(22(27)24(8-2,9-3)23(17)30-6)18(25)12-10-15-14-16(28-4)11-13-19(15)29-5/h10-14,26H,7-9H2,1-6H3/b12-10+. The molecule has 30 heavy (non-hydrogen) atoms. The molecule has 2 rings (SSSR count). The van der Waals surface area contributed by atoms with Crippen LogP contribution in [0.2, 0.25) is 0 Å². The van der Waals surface area contributed by atoms with Crippen LogP contribution in [0.4, 0.5) is 0 Å². The van der Waals surface area contributed by atoms with E-state index in [1.807, 2.05) is 20.8 Å². The minimum atomic E-state index is -0.960. The second kappa shape index (κ2) is 9.65. The van der Waals surface area contributed by atoms with Crippen molar-refractivity contribution >= 4 is 17.6 Å². The Balaban J connectivity index is 2.57. The van der Waals surface area contributed by atoms with E-state index in [1.54, 1.807) is 31.4 Å². The van der Waals surface area contributed by atoms with Crippen molar-refractivity contribution in [1.29, 1.82) is 0 Å². The Hall–Kier alpha value is -3.02. The molecule has 0 saturated heterocycles. The fourth-order valence-corrected chi connectivity index (χ4v) is 3.98. The number of benzene rings is 1. The van der Waals surface area contributed by atoms with Crippen molar-refractivity contribution in [3.8, 4) is 11.5 Å². The molecule has 0 saturated carbocycles. The summed E-state index contributed by atoms with van der Waals surface area (Å²) in [5, 5.41) is 10.8. The molecule has 1 aliphatic carbocycles. The zero-order valence-corrected chi connectivity index (χ0v) is 18.5.